The highest BCUT2D eigenvalue weighted by Crippen LogP contribution is 2.56. The summed E-state index contributed by atoms with van der Waals surface area (Å²) in [6, 6.07) is 71.8. The van der Waals surface area contributed by atoms with Gasteiger partial charge in [-0.25, -0.2) is 0 Å². The lowest BCUT2D eigenvalue weighted by molar-refractivity contribution is 0.507. The zero-order valence-electron chi connectivity index (χ0n) is 50.1. The van der Waals surface area contributed by atoms with Gasteiger partial charge in [0.1, 0.15) is 11.2 Å². The van der Waals surface area contributed by atoms with Crippen molar-refractivity contribution in [3.8, 4) is 27.9 Å². The van der Waals surface area contributed by atoms with Crippen molar-refractivity contribution in [2.75, 3.05) is 4.90 Å². The van der Waals surface area contributed by atoms with E-state index in [1.165, 1.54) is 126 Å². The molecule has 408 valence electrons. The zero-order valence-corrected chi connectivity index (χ0v) is 50.1. The minimum atomic E-state index is 0.00396. The minimum Gasteiger partial charge on any atom is -0.456 e. The van der Waals surface area contributed by atoms with Crippen molar-refractivity contribution >= 4 is 98.2 Å². The summed E-state index contributed by atoms with van der Waals surface area (Å²) in [4.78, 5) is 2.68. The molecule has 0 fully saturated rings. The van der Waals surface area contributed by atoms with Crippen LogP contribution in [0.25, 0.3) is 115 Å². The molecule has 1 aliphatic heterocycles. The average Bonchev–Trinajstić information content (AvgIpc) is 3.43. The van der Waals surface area contributed by atoms with E-state index in [2.05, 4.69) is 299 Å². The van der Waals surface area contributed by atoms with Gasteiger partial charge in [-0.05, 0) is 142 Å². The van der Waals surface area contributed by atoms with Crippen LogP contribution in [-0.4, -0.2) is 10.6 Å². The summed E-state index contributed by atoms with van der Waals surface area (Å²) >= 11 is 0. The number of allylic oxidation sites excluding steroid dienone is 2. The van der Waals surface area contributed by atoms with Gasteiger partial charge in [-0.1, -0.05) is 241 Å². The van der Waals surface area contributed by atoms with Gasteiger partial charge in [-0.3, -0.25) is 0 Å². The fraction of sp³-hybridized carbons (Fsp3) is 0.225. The van der Waals surface area contributed by atoms with E-state index < -0.39 is 0 Å². The van der Waals surface area contributed by atoms with Gasteiger partial charge in [0.05, 0.1) is 28.5 Å². The number of fused-ring (bicyclic) bond motifs is 13. The van der Waals surface area contributed by atoms with E-state index in [0.29, 0.717) is 0 Å². The highest BCUT2D eigenvalue weighted by Gasteiger charge is 2.42. The second kappa shape index (κ2) is 17.9. The van der Waals surface area contributed by atoms with Gasteiger partial charge < -0.3 is 13.9 Å². The van der Waals surface area contributed by atoms with E-state index >= 15 is 0 Å². The maximum atomic E-state index is 6.96. The molecule has 13 aromatic rings. The molecule has 2 aromatic heterocycles. The average molecular weight is 1080 g/mol. The molecule has 3 heterocycles. The molecule has 0 amide bonds. The first kappa shape index (κ1) is 51.2. The predicted octanol–water partition coefficient (Wildman–Crippen LogP) is 22.7. The number of hydrogen-bond acceptors (Lipinski definition) is 2. The quantitative estimate of drug-likeness (QED) is 0.164. The molecule has 0 N–H and O–H groups in total. The maximum Gasteiger partial charge on any atom is 0.136 e. The Labute approximate surface area is 488 Å². The highest BCUT2D eigenvalue weighted by molar-refractivity contribution is 6.27. The van der Waals surface area contributed by atoms with E-state index in [1.54, 1.807) is 0 Å². The SMILES string of the molecule is CC(C)(C)C1=CC2c3cc(C(C)(C)C)ccc3N(c3c4ccccc4c(-c4cccc5oc6ccc(-c7c8ccccc8c(-n8c9ccc(C(C)(C)C)cc9c9cc(C(C)(C)C)ccc98)c8ccccc78)cc6c45)c4ccccc34)C2C=C1. The van der Waals surface area contributed by atoms with Crippen LogP contribution < -0.4 is 4.90 Å². The van der Waals surface area contributed by atoms with Gasteiger partial charge in [0.25, 0.3) is 0 Å². The van der Waals surface area contributed by atoms with Crippen LogP contribution in [0, 0.1) is 5.41 Å². The summed E-state index contributed by atoms with van der Waals surface area (Å²) in [5.74, 6) is 0.215. The van der Waals surface area contributed by atoms with Crippen LogP contribution in [0.15, 0.2) is 216 Å². The van der Waals surface area contributed by atoms with E-state index in [9.17, 15) is 0 Å². The van der Waals surface area contributed by atoms with Crippen LogP contribution in [0.2, 0.25) is 0 Å². The maximum absolute atomic E-state index is 6.96. The van der Waals surface area contributed by atoms with Gasteiger partial charge in [0.2, 0.25) is 0 Å². The molecule has 2 unspecified atom stereocenters. The molecular weight excluding hydrogens is 1000 g/mol. The third-order valence-electron chi connectivity index (χ3n) is 18.7. The van der Waals surface area contributed by atoms with Gasteiger partial charge in [-0.15, -0.1) is 0 Å². The Morgan fingerprint density at radius 3 is 1.41 bits per heavy atom. The molecule has 1 aliphatic carbocycles. The number of benzene rings is 11. The van der Waals surface area contributed by atoms with Gasteiger partial charge in [0.15, 0.2) is 0 Å². The van der Waals surface area contributed by atoms with Crippen molar-refractivity contribution in [3.63, 3.8) is 0 Å². The Balaban J connectivity index is 0.953. The van der Waals surface area contributed by atoms with Crippen LogP contribution >= 0.6 is 0 Å². The molecule has 3 nitrogen and oxygen atoms in total. The molecule has 0 bridgehead atoms. The lowest BCUT2D eigenvalue weighted by Gasteiger charge is -2.34. The Morgan fingerprint density at radius 2 is 0.880 bits per heavy atom. The van der Waals surface area contributed by atoms with E-state index in [-0.39, 0.29) is 33.6 Å². The zero-order chi connectivity index (χ0) is 57.2. The number of rotatable bonds is 4. The van der Waals surface area contributed by atoms with Gasteiger partial charge in [-0.2, -0.15) is 0 Å². The molecule has 0 spiro atoms. The largest absolute Gasteiger partial charge is 0.456 e. The standard InChI is InChI=1S/C80H72N2O/c1-77(2,3)48-33-37-66-61(43-48)62-44-49(78(4,5)6)34-38-67(62)81(66)75-56-26-17-13-22-52(56)72(53-23-14-18-27-57(53)75)47-32-41-70-65(42-47)74-60(30-21-31-71(74)83-70)73-54-24-15-19-28-58(54)76(59-29-20-16-25-55(59)73)82-68-39-35-50(79(7,8)9)45-63(68)64-46-51(80(10,11)12)36-40-69(64)82/h13-46,63,68H,1-12H3. The summed E-state index contributed by atoms with van der Waals surface area (Å²) in [5.41, 5.74) is 19.6. The first-order valence-electron chi connectivity index (χ1n) is 30.0. The first-order chi connectivity index (χ1) is 39.7. The number of nitrogens with zero attached hydrogens (tertiary/aromatic N) is 2. The van der Waals surface area contributed by atoms with Crippen LogP contribution in [0.1, 0.15) is 111 Å². The molecule has 11 aromatic carbocycles. The van der Waals surface area contributed by atoms with Gasteiger partial charge >= 0.3 is 0 Å². The van der Waals surface area contributed by atoms with E-state index in [0.717, 1.165) is 27.5 Å². The van der Waals surface area contributed by atoms with Crippen molar-refractivity contribution in [3.05, 3.63) is 234 Å². The number of aromatic nitrogens is 1. The van der Waals surface area contributed by atoms with Crippen LogP contribution in [0.4, 0.5) is 11.4 Å². The second-order valence-corrected chi connectivity index (χ2v) is 28.1. The van der Waals surface area contributed by atoms with Crippen LogP contribution in [-0.2, 0) is 16.2 Å². The van der Waals surface area contributed by atoms with Crippen molar-refractivity contribution in [1.82, 2.24) is 4.57 Å². The molecule has 0 radical (unpaired) electrons. The Morgan fingerprint density at radius 1 is 0.386 bits per heavy atom. The second-order valence-electron chi connectivity index (χ2n) is 28.1. The van der Waals surface area contributed by atoms with Crippen molar-refractivity contribution in [2.45, 2.75) is 111 Å². The smallest absolute Gasteiger partial charge is 0.136 e. The molecule has 83 heavy (non-hydrogen) atoms. The molecule has 3 heteroatoms. The molecule has 2 aliphatic rings. The van der Waals surface area contributed by atoms with Crippen LogP contribution in [0.5, 0.6) is 0 Å². The normalized spacial score (nSPS) is 16.0. The molecule has 15 rings (SSSR count). The summed E-state index contributed by atoms with van der Waals surface area (Å²) in [5, 5.41) is 14.6. The number of anilines is 2. The highest BCUT2D eigenvalue weighted by atomic mass is 16.3. The van der Waals surface area contributed by atoms with E-state index in [1.807, 2.05) is 0 Å². The summed E-state index contributed by atoms with van der Waals surface area (Å²) in [6.07, 6.45) is 7.46. The topological polar surface area (TPSA) is 21.3 Å². The van der Waals surface area contributed by atoms with Gasteiger partial charge in [0, 0.05) is 54.7 Å². The first-order valence-corrected chi connectivity index (χ1v) is 30.0. The van der Waals surface area contributed by atoms with Crippen molar-refractivity contribution in [1.29, 1.82) is 0 Å². The van der Waals surface area contributed by atoms with Crippen molar-refractivity contribution < 1.29 is 4.42 Å². The third-order valence-corrected chi connectivity index (χ3v) is 18.7. The van der Waals surface area contributed by atoms with Crippen molar-refractivity contribution in [2.24, 2.45) is 5.41 Å². The lowest BCUT2D eigenvalue weighted by Crippen LogP contribution is -2.30. The summed E-state index contributed by atoms with van der Waals surface area (Å²) in [7, 11) is 0. The molecule has 0 saturated heterocycles. The summed E-state index contributed by atoms with van der Waals surface area (Å²) in [6.45, 7) is 27.9. The number of furan rings is 1. The fourth-order valence-electron chi connectivity index (χ4n) is 14.3. The monoisotopic (exact) mass is 1080 g/mol. The predicted molar refractivity (Wildman–Crippen MR) is 357 cm³/mol. The fourth-order valence-corrected chi connectivity index (χ4v) is 14.3. The lowest BCUT2D eigenvalue weighted by atomic mass is 9.77. The summed E-state index contributed by atoms with van der Waals surface area (Å²) < 4.78 is 9.52. The van der Waals surface area contributed by atoms with Crippen LogP contribution in [0.3, 0.4) is 0 Å². The Hall–Kier alpha value is -8.66. The molecule has 2 atom stereocenters. The Kier molecular flexibility index (Phi) is 11.1. The molecular formula is C80H72N2O. The molecule has 0 saturated carbocycles. The third kappa shape index (κ3) is 7.83. The van der Waals surface area contributed by atoms with E-state index in [4.69, 9.17) is 4.42 Å². The minimum absolute atomic E-state index is 0.00396. The number of hydrogen-bond donors (Lipinski definition) is 0. The Bertz CT molecular complexity index is 4780.